The molecular weight excluding hydrogens is 238 g/mol. The van der Waals surface area contributed by atoms with Crippen molar-refractivity contribution in [1.29, 1.82) is 0 Å². The number of carbonyl (C=O) groups is 2. The summed E-state index contributed by atoms with van der Waals surface area (Å²) in [4.78, 5) is 23.9. The topological polar surface area (TPSA) is 46.2 Å². The fourth-order valence-corrected chi connectivity index (χ4v) is 3.67. The number of imide groups is 1. The Balaban J connectivity index is 1.92. The van der Waals surface area contributed by atoms with Crippen LogP contribution in [0.4, 0.5) is 0 Å². The summed E-state index contributed by atoms with van der Waals surface area (Å²) in [5.41, 5.74) is 1.13. The predicted molar refractivity (Wildman–Crippen MR) is 72.4 cm³/mol. The van der Waals surface area contributed by atoms with Gasteiger partial charge in [0.25, 0.3) is 0 Å². The molecular formula is C16H19NO2. The summed E-state index contributed by atoms with van der Waals surface area (Å²) in [6, 6.07) is 10.0. The first-order chi connectivity index (χ1) is 9.25. The van der Waals surface area contributed by atoms with Crippen LogP contribution in [0.1, 0.15) is 43.6 Å². The molecule has 100 valence electrons. The molecule has 0 aromatic heterocycles. The molecule has 0 radical (unpaired) electrons. The normalized spacial score (nSPS) is 28.4. The molecule has 1 aromatic carbocycles. The lowest BCUT2D eigenvalue weighted by Gasteiger charge is -2.34. The Labute approximate surface area is 113 Å². The molecule has 1 N–H and O–H groups in total. The van der Waals surface area contributed by atoms with Gasteiger partial charge in [-0.15, -0.1) is 0 Å². The molecule has 2 atom stereocenters. The monoisotopic (exact) mass is 257 g/mol. The van der Waals surface area contributed by atoms with Gasteiger partial charge in [-0.2, -0.15) is 0 Å². The fraction of sp³-hybridized carbons (Fsp3) is 0.500. The van der Waals surface area contributed by atoms with E-state index in [9.17, 15) is 9.59 Å². The molecule has 1 aliphatic heterocycles. The molecule has 3 heteroatoms. The maximum atomic E-state index is 12.2. The van der Waals surface area contributed by atoms with Gasteiger partial charge in [0.05, 0.1) is 0 Å². The van der Waals surface area contributed by atoms with Gasteiger partial charge in [-0.05, 0) is 24.3 Å². The largest absolute Gasteiger partial charge is 0.296 e. The maximum Gasteiger partial charge on any atom is 0.230 e. The fourth-order valence-electron chi connectivity index (χ4n) is 3.67. The minimum absolute atomic E-state index is 0.0254. The summed E-state index contributed by atoms with van der Waals surface area (Å²) < 4.78 is 0. The number of benzene rings is 1. The number of carbonyl (C=O) groups excluding carboxylic acids is 2. The van der Waals surface area contributed by atoms with E-state index in [-0.39, 0.29) is 23.7 Å². The predicted octanol–water partition coefficient (Wildman–Crippen LogP) is 2.62. The third-order valence-corrected chi connectivity index (χ3v) is 4.54. The highest BCUT2D eigenvalue weighted by atomic mass is 16.2. The Morgan fingerprint density at radius 3 is 2.37 bits per heavy atom. The standard InChI is InChI=1S/C16H19NO2/c18-14-10-13(11-6-2-1-3-7-11)15(16(19)17-14)12-8-4-5-9-12/h1-3,6-7,12-13,15H,4-5,8-10H2,(H,17,18,19). The number of hydrogen-bond donors (Lipinski definition) is 1. The quantitative estimate of drug-likeness (QED) is 0.828. The van der Waals surface area contributed by atoms with Crippen molar-refractivity contribution in [3.8, 4) is 0 Å². The van der Waals surface area contributed by atoms with Crippen molar-refractivity contribution in [2.24, 2.45) is 11.8 Å². The highest BCUT2D eigenvalue weighted by Crippen LogP contribution is 2.42. The summed E-state index contributed by atoms with van der Waals surface area (Å²) >= 11 is 0. The first-order valence-corrected chi connectivity index (χ1v) is 7.14. The van der Waals surface area contributed by atoms with Crippen molar-refractivity contribution in [2.75, 3.05) is 0 Å². The zero-order valence-corrected chi connectivity index (χ0v) is 11.0. The molecule has 2 unspecified atom stereocenters. The summed E-state index contributed by atoms with van der Waals surface area (Å²) in [7, 11) is 0. The van der Waals surface area contributed by atoms with E-state index in [0.29, 0.717) is 12.3 Å². The third kappa shape index (κ3) is 2.42. The van der Waals surface area contributed by atoms with E-state index in [1.807, 2.05) is 30.3 Å². The van der Waals surface area contributed by atoms with Crippen molar-refractivity contribution >= 4 is 11.8 Å². The Kier molecular flexibility index (Phi) is 3.36. The second-order valence-electron chi connectivity index (χ2n) is 5.70. The van der Waals surface area contributed by atoms with Crippen molar-refractivity contribution in [1.82, 2.24) is 5.32 Å². The third-order valence-electron chi connectivity index (χ3n) is 4.54. The van der Waals surface area contributed by atoms with Crippen LogP contribution in [0, 0.1) is 11.8 Å². The van der Waals surface area contributed by atoms with E-state index in [1.165, 1.54) is 12.8 Å². The van der Waals surface area contributed by atoms with E-state index >= 15 is 0 Å². The Hall–Kier alpha value is -1.64. The molecule has 2 amide bonds. The molecule has 0 bridgehead atoms. The maximum absolute atomic E-state index is 12.2. The zero-order chi connectivity index (χ0) is 13.2. The lowest BCUT2D eigenvalue weighted by molar-refractivity contribution is -0.138. The summed E-state index contributed by atoms with van der Waals surface area (Å²) in [5.74, 6) is 0.288. The van der Waals surface area contributed by atoms with Gasteiger partial charge < -0.3 is 0 Å². The van der Waals surface area contributed by atoms with Gasteiger partial charge in [0, 0.05) is 18.3 Å². The summed E-state index contributed by atoms with van der Waals surface area (Å²) in [5, 5.41) is 2.53. The smallest absolute Gasteiger partial charge is 0.230 e. The molecule has 1 aromatic rings. The van der Waals surface area contributed by atoms with Gasteiger partial charge in [-0.3, -0.25) is 14.9 Å². The zero-order valence-electron chi connectivity index (χ0n) is 11.0. The number of rotatable bonds is 2. The van der Waals surface area contributed by atoms with Crippen LogP contribution in [-0.4, -0.2) is 11.8 Å². The molecule has 0 spiro atoms. The van der Waals surface area contributed by atoms with E-state index in [1.54, 1.807) is 0 Å². The van der Waals surface area contributed by atoms with Crippen LogP contribution in [0.25, 0.3) is 0 Å². The Bertz CT molecular complexity index is 477. The average molecular weight is 257 g/mol. The Morgan fingerprint density at radius 2 is 1.68 bits per heavy atom. The van der Waals surface area contributed by atoms with Gasteiger partial charge >= 0.3 is 0 Å². The minimum Gasteiger partial charge on any atom is -0.296 e. The molecule has 3 nitrogen and oxygen atoms in total. The molecule has 1 aliphatic carbocycles. The van der Waals surface area contributed by atoms with Crippen LogP contribution >= 0.6 is 0 Å². The number of nitrogens with one attached hydrogen (secondary N) is 1. The summed E-state index contributed by atoms with van der Waals surface area (Å²) in [6.45, 7) is 0. The lowest BCUT2D eigenvalue weighted by atomic mass is 9.73. The first kappa shape index (κ1) is 12.4. The van der Waals surface area contributed by atoms with Gasteiger partial charge in [-0.1, -0.05) is 43.2 Å². The Morgan fingerprint density at radius 1 is 1.00 bits per heavy atom. The van der Waals surface area contributed by atoms with Gasteiger partial charge in [0.15, 0.2) is 0 Å². The molecule has 2 aliphatic rings. The van der Waals surface area contributed by atoms with Crippen LogP contribution in [0.5, 0.6) is 0 Å². The number of amides is 2. The van der Waals surface area contributed by atoms with Gasteiger partial charge in [-0.25, -0.2) is 0 Å². The van der Waals surface area contributed by atoms with E-state index in [4.69, 9.17) is 0 Å². The van der Waals surface area contributed by atoms with Crippen LogP contribution in [0.2, 0.25) is 0 Å². The molecule has 3 rings (SSSR count). The highest BCUT2D eigenvalue weighted by Gasteiger charge is 2.42. The van der Waals surface area contributed by atoms with Crippen molar-refractivity contribution in [3.05, 3.63) is 35.9 Å². The van der Waals surface area contributed by atoms with Crippen molar-refractivity contribution < 1.29 is 9.59 Å². The molecule has 2 fully saturated rings. The highest BCUT2D eigenvalue weighted by molar-refractivity contribution is 6.00. The molecule has 1 saturated heterocycles. The second kappa shape index (κ2) is 5.16. The van der Waals surface area contributed by atoms with Crippen LogP contribution in [0.15, 0.2) is 30.3 Å². The number of hydrogen-bond acceptors (Lipinski definition) is 2. The minimum atomic E-state index is -0.131. The van der Waals surface area contributed by atoms with E-state index < -0.39 is 0 Å². The molecule has 19 heavy (non-hydrogen) atoms. The number of piperidine rings is 1. The van der Waals surface area contributed by atoms with Crippen LogP contribution in [0.3, 0.4) is 0 Å². The second-order valence-corrected chi connectivity index (χ2v) is 5.70. The first-order valence-electron chi connectivity index (χ1n) is 7.14. The SMILES string of the molecule is O=C1CC(c2ccccc2)C(C2CCCC2)C(=O)N1. The average Bonchev–Trinajstić information content (AvgIpc) is 2.92. The van der Waals surface area contributed by atoms with Crippen LogP contribution < -0.4 is 5.32 Å². The van der Waals surface area contributed by atoms with E-state index in [0.717, 1.165) is 18.4 Å². The lowest BCUT2D eigenvalue weighted by Crippen LogP contribution is -2.47. The van der Waals surface area contributed by atoms with Gasteiger partial charge in [0.2, 0.25) is 11.8 Å². The molecule has 1 saturated carbocycles. The summed E-state index contributed by atoms with van der Waals surface area (Å²) in [6.07, 6.45) is 5.11. The van der Waals surface area contributed by atoms with Crippen molar-refractivity contribution in [3.63, 3.8) is 0 Å². The van der Waals surface area contributed by atoms with E-state index in [2.05, 4.69) is 5.32 Å². The van der Waals surface area contributed by atoms with Gasteiger partial charge in [0.1, 0.15) is 0 Å². The molecule has 1 heterocycles. The van der Waals surface area contributed by atoms with Crippen molar-refractivity contribution in [2.45, 2.75) is 38.0 Å². The van der Waals surface area contributed by atoms with Crippen LogP contribution in [-0.2, 0) is 9.59 Å².